The maximum absolute atomic E-state index is 12.6. The number of halogens is 4. The lowest BCUT2D eigenvalue weighted by molar-refractivity contribution is -0.137. The zero-order chi connectivity index (χ0) is 12.5. The predicted octanol–water partition coefficient (Wildman–Crippen LogP) is 3.43. The number of rotatable bonds is 2. The number of hydrogen-bond donors (Lipinski definition) is 0. The van der Waals surface area contributed by atoms with E-state index in [-0.39, 0.29) is 5.02 Å². The molecule has 16 heavy (non-hydrogen) atoms. The van der Waals surface area contributed by atoms with E-state index in [1.165, 1.54) is 18.1 Å². The summed E-state index contributed by atoms with van der Waals surface area (Å²) < 4.78 is 42.7. The van der Waals surface area contributed by atoms with Gasteiger partial charge in [-0.25, -0.2) is 0 Å². The van der Waals surface area contributed by atoms with Crippen LogP contribution in [-0.4, -0.2) is 21.2 Å². The quantitative estimate of drug-likeness (QED) is 0.801. The van der Waals surface area contributed by atoms with Crippen LogP contribution in [0.1, 0.15) is 5.56 Å². The molecule has 0 radical (unpaired) electrons. The average Bonchev–Trinajstić information content (AvgIpc) is 2.14. The first kappa shape index (κ1) is 13.0. The van der Waals surface area contributed by atoms with E-state index in [0.717, 1.165) is 6.07 Å². The molecule has 0 saturated carbocycles. The van der Waals surface area contributed by atoms with Gasteiger partial charge in [0.2, 0.25) is 0 Å². The normalized spacial score (nSPS) is 11.4. The summed E-state index contributed by atoms with van der Waals surface area (Å²) in [6, 6.07) is 2.14. The van der Waals surface area contributed by atoms with Crippen LogP contribution in [-0.2, 0) is 6.18 Å². The Morgan fingerprint density at radius 1 is 1.25 bits per heavy atom. The molecule has 1 aromatic carbocycles. The number of benzene rings is 1. The molecule has 0 amide bonds. The van der Waals surface area contributed by atoms with Crippen LogP contribution < -0.4 is 9.64 Å². The van der Waals surface area contributed by atoms with E-state index < -0.39 is 11.7 Å². The second-order valence-electron chi connectivity index (χ2n) is 3.40. The Kier molecular flexibility index (Phi) is 3.57. The Labute approximate surface area is 96.6 Å². The van der Waals surface area contributed by atoms with Crippen molar-refractivity contribution < 1.29 is 17.9 Å². The van der Waals surface area contributed by atoms with Gasteiger partial charge in [-0.2, -0.15) is 13.2 Å². The smallest absolute Gasteiger partial charge is 0.417 e. The third kappa shape index (κ3) is 2.52. The van der Waals surface area contributed by atoms with Gasteiger partial charge in [0.15, 0.2) is 0 Å². The molecular weight excluding hydrogens is 243 g/mol. The summed E-state index contributed by atoms with van der Waals surface area (Å²) in [7, 11) is 4.64. The van der Waals surface area contributed by atoms with Gasteiger partial charge in [-0.05, 0) is 6.07 Å². The molecule has 0 bridgehead atoms. The van der Waals surface area contributed by atoms with Crippen molar-refractivity contribution in [1.29, 1.82) is 0 Å². The molecule has 0 aliphatic heterocycles. The Hall–Kier alpha value is -1.10. The fourth-order valence-corrected chi connectivity index (χ4v) is 1.53. The molecule has 0 heterocycles. The summed E-state index contributed by atoms with van der Waals surface area (Å²) in [6.45, 7) is 0. The number of ether oxygens (including phenoxy) is 1. The van der Waals surface area contributed by atoms with Crippen LogP contribution >= 0.6 is 11.6 Å². The van der Waals surface area contributed by atoms with Crippen molar-refractivity contribution >= 4 is 17.3 Å². The predicted molar refractivity (Wildman–Crippen MR) is 57.3 cm³/mol. The Bertz CT molecular complexity index is 390. The zero-order valence-electron chi connectivity index (χ0n) is 9.02. The molecule has 0 N–H and O–H groups in total. The van der Waals surface area contributed by atoms with Crippen LogP contribution in [0, 0.1) is 0 Å². The molecule has 0 spiro atoms. The second-order valence-corrected chi connectivity index (χ2v) is 3.80. The highest BCUT2D eigenvalue weighted by Crippen LogP contribution is 2.40. The highest BCUT2D eigenvalue weighted by Gasteiger charge is 2.34. The average molecular weight is 254 g/mol. The topological polar surface area (TPSA) is 12.5 Å². The van der Waals surface area contributed by atoms with Crippen molar-refractivity contribution in [2.24, 2.45) is 0 Å². The summed E-state index contributed by atoms with van der Waals surface area (Å²) in [4.78, 5) is 1.53. The minimum absolute atomic E-state index is 0.308. The summed E-state index contributed by atoms with van der Waals surface area (Å²) in [5.74, 6) is 0.308. The molecule has 0 aromatic heterocycles. The van der Waals surface area contributed by atoms with Gasteiger partial charge in [0.25, 0.3) is 0 Å². The van der Waals surface area contributed by atoms with Gasteiger partial charge in [0, 0.05) is 20.2 Å². The number of hydrogen-bond acceptors (Lipinski definition) is 2. The molecule has 0 aliphatic rings. The van der Waals surface area contributed by atoms with Gasteiger partial charge in [0.1, 0.15) is 5.75 Å². The standard InChI is InChI=1S/C10H11ClF3NO/c1-15(2)8-4-6(10(12,13)14)7(11)5-9(8)16-3/h4-5H,1-3H3. The van der Waals surface area contributed by atoms with E-state index >= 15 is 0 Å². The van der Waals surface area contributed by atoms with Crippen LogP contribution in [0.25, 0.3) is 0 Å². The van der Waals surface area contributed by atoms with E-state index in [1.54, 1.807) is 14.1 Å². The fraction of sp³-hybridized carbons (Fsp3) is 0.400. The lowest BCUT2D eigenvalue weighted by Crippen LogP contribution is -2.13. The molecule has 0 aliphatic carbocycles. The van der Waals surface area contributed by atoms with Crippen molar-refractivity contribution in [3.8, 4) is 5.75 Å². The molecule has 0 unspecified atom stereocenters. The highest BCUT2D eigenvalue weighted by molar-refractivity contribution is 6.31. The van der Waals surface area contributed by atoms with Crippen LogP contribution in [0.4, 0.5) is 18.9 Å². The summed E-state index contributed by atoms with van der Waals surface area (Å²) >= 11 is 5.55. The Morgan fingerprint density at radius 3 is 2.19 bits per heavy atom. The summed E-state index contributed by atoms with van der Waals surface area (Å²) in [6.07, 6.45) is -4.46. The molecule has 0 saturated heterocycles. The van der Waals surface area contributed by atoms with Gasteiger partial charge in [-0.15, -0.1) is 0 Å². The molecule has 1 rings (SSSR count). The third-order valence-electron chi connectivity index (χ3n) is 2.06. The number of alkyl halides is 3. The molecule has 2 nitrogen and oxygen atoms in total. The van der Waals surface area contributed by atoms with Crippen LogP contribution in [0.3, 0.4) is 0 Å². The number of nitrogens with zero attached hydrogens (tertiary/aromatic N) is 1. The van der Waals surface area contributed by atoms with Gasteiger partial charge in [0.05, 0.1) is 23.4 Å². The molecule has 90 valence electrons. The monoisotopic (exact) mass is 253 g/mol. The first-order chi connectivity index (χ1) is 7.27. The zero-order valence-corrected chi connectivity index (χ0v) is 9.78. The molecule has 0 fully saturated rings. The van der Waals surface area contributed by atoms with Crippen LogP contribution in [0.5, 0.6) is 5.75 Å². The van der Waals surface area contributed by atoms with Gasteiger partial charge in [-0.1, -0.05) is 11.6 Å². The fourth-order valence-electron chi connectivity index (χ4n) is 1.27. The molecular formula is C10H11ClF3NO. The van der Waals surface area contributed by atoms with E-state index in [2.05, 4.69) is 0 Å². The van der Waals surface area contributed by atoms with Crippen molar-refractivity contribution in [3.05, 3.63) is 22.7 Å². The number of anilines is 1. The van der Waals surface area contributed by atoms with E-state index in [4.69, 9.17) is 16.3 Å². The van der Waals surface area contributed by atoms with E-state index in [1.807, 2.05) is 0 Å². The van der Waals surface area contributed by atoms with E-state index in [9.17, 15) is 13.2 Å². The summed E-state index contributed by atoms with van der Waals surface area (Å²) in [5.41, 5.74) is -0.530. The van der Waals surface area contributed by atoms with Crippen molar-refractivity contribution in [2.75, 3.05) is 26.1 Å². The minimum Gasteiger partial charge on any atom is -0.495 e. The number of methoxy groups -OCH3 is 1. The SMILES string of the molecule is COc1cc(Cl)c(C(F)(F)F)cc1N(C)C. The highest BCUT2D eigenvalue weighted by atomic mass is 35.5. The Balaban J connectivity index is 3.39. The lowest BCUT2D eigenvalue weighted by atomic mass is 10.1. The Morgan fingerprint density at radius 2 is 1.81 bits per heavy atom. The van der Waals surface area contributed by atoms with Gasteiger partial charge >= 0.3 is 6.18 Å². The van der Waals surface area contributed by atoms with Crippen molar-refractivity contribution in [2.45, 2.75) is 6.18 Å². The van der Waals surface area contributed by atoms with Crippen molar-refractivity contribution in [1.82, 2.24) is 0 Å². The lowest BCUT2D eigenvalue weighted by Gasteiger charge is -2.19. The molecule has 6 heteroatoms. The van der Waals surface area contributed by atoms with Crippen LogP contribution in [0.2, 0.25) is 5.02 Å². The second kappa shape index (κ2) is 4.41. The largest absolute Gasteiger partial charge is 0.495 e. The van der Waals surface area contributed by atoms with Crippen LogP contribution in [0.15, 0.2) is 12.1 Å². The van der Waals surface area contributed by atoms with Crippen molar-refractivity contribution in [3.63, 3.8) is 0 Å². The van der Waals surface area contributed by atoms with Gasteiger partial charge < -0.3 is 9.64 Å². The molecule has 0 atom stereocenters. The maximum atomic E-state index is 12.6. The first-order valence-electron chi connectivity index (χ1n) is 4.39. The maximum Gasteiger partial charge on any atom is 0.417 e. The summed E-state index contributed by atoms with van der Waals surface area (Å²) in [5, 5.41) is -0.366. The third-order valence-corrected chi connectivity index (χ3v) is 2.37. The minimum atomic E-state index is -4.46. The first-order valence-corrected chi connectivity index (χ1v) is 4.77. The van der Waals surface area contributed by atoms with Gasteiger partial charge in [-0.3, -0.25) is 0 Å². The molecule has 1 aromatic rings. The van der Waals surface area contributed by atoms with E-state index in [0.29, 0.717) is 11.4 Å².